The van der Waals surface area contributed by atoms with Crippen molar-refractivity contribution in [3.8, 4) is 0 Å². The molecule has 1 saturated carbocycles. The van der Waals surface area contributed by atoms with Crippen LogP contribution >= 0.6 is 0 Å². The van der Waals surface area contributed by atoms with Gasteiger partial charge in [0, 0.05) is 32.2 Å². The summed E-state index contributed by atoms with van der Waals surface area (Å²) in [5.74, 6) is 0. The third-order valence-corrected chi connectivity index (χ3v) is 6.24. The third kappa shape index (κ3) is 4.03. The largest absolute Gasteiger partial charge is 0.378 e. The molecule has 0 aromatic heterocycles. The number of nitrogens with zero attached hydrogens (tertiary/aromatic N) is 2. The molecule has 0 spiro atoms. The van der Waals surface area contributed by atoms with Gasteiger partial charge in [-0.1, -0.05) is 19.3 Å². The highest BCUT2D eigenvalue weighted by Gasteiger charge is 2.29. The van der Waals surface area contributed by atoms with E-state index in [0.717, 1.165) is 42.5 Å². The summed E-state index contributed by atoms with van der Waals surface area (Å²) < 4.78 is 25.3. The Labute approximate surface area is 142 Å². The fraction of sp³-hybridized carbons (Fsp3) is 0.600. The Kier molecular flexibility index (Phi) is 5.46. The summed E-state index contributed by atoms with van der Waals surface area (Å²) in [6.45, 7) is 0.424. The number of nitro groups is 1. The second-order valence-corrected chi connectivity index (χ2v) is 8.65. The Morgan fingerprint density at radius 1 is 1.29 bits per heavy atom. The van der Waals surface area contributed by atoms with Gasteiger partial charge in [0.1, 0.15) is 5.69 Å². The minimum absolute atomic E-state index is 0.107. The summed E-state index contributed by atoms with van der Waals surface area (Å²) in [5, 5.41) is 14.4. The molecule has 134 valence electrons. The minimum Gasteiger partial charge on any atom is -0.378 e. The van der Waals surface area contributed by atoms with Crippen molar-refractivity contribution >= 4 is 21.4 Å². The molecule has 0 radical (unpaired) electrons. The van der Waals surface area contributed by atoms with E-state index in [1.807, 2.05) is 0 Å². The van der Waals surface area contributed by atoms with Crippen LogP contribution in [0.4, 0.5) is 11.4 Å². The van der Waals surface area contributed by atoms with Gasteiger partial charge in [-0.05, 0) is 25.0 Å². The summed E-state index contributed by atoms with van der Waals surface area (Å²) in [6, 6.07) is 3.89. The molecule has 0 unspecified atom stereocenters. The molecule has 0 amide bonds. The predicted octanol–water partition coefficient (Wildman–Crippen LogP) is 1.92. The first-order chi connectivity index (χ1) is 11.2. The second-order valence-electron chi connectivity index (χ2n) is 6.50. The maximum Gasteiger partial charge on any atom is 0.293 e. The molecule has 1 aromatic carbocycles. The molecule has 0 heterocycles. The van der Waals surface area contributed by atoms with Gasteiger partial charge < -0.3 is 11.1 Å². The molecule has 24 heavy (non-hydrogen) atoms. The van der Waals surface area contributed by atoms with Crippen molar-refractivity contribution in [1.29, 1.82) is 0 Å². The van der Waals surface area contributed by atoms with Crippen LogP contribution in [0.5, 0.6) is 0 Å². The Morgan fingerprint density at radius 3 is 2.46 bits per heavy atom. The number of nitrogens with two attached hydrogens (primary N) is 1. The standard InChI is InChI=1S/C15H24N4O4S/c1-18(2)24(22,23)12-6-7-13(14(10-12)19(20)21)17-11-15(16)8-4-3-5-9-15/h6-7,10,17H,3-5,8-9,11,16H2,1-2H3. The van der Waals surface area contributed by atoms with Crippen LogP contribution in [-0.4, -0.2) is 43.8 Å². The van der Waals surface area contributed by atoms with Crippen LogP contribution in [0.15, 0.2) is 23.1 Å². The molecule has 0 saturated heterocycles. The SMILES string of the molecule is CN(C)S(=O)(=O)c1ccc(NCC2(N)CCCCC2)c([N+](=O)[O-])c1. The van der Waals surface area contributed by atoms with E-state index in [2.05, 4.69) is 5.32 Å². The van der Waals surface area contributed by atoms with Gasteiger partial charge >= 0.3 is 0 Å². The molecular weight excluding hydrogens is 332 g/mol. The average Bonchev–Trinajstić information content (AvgIpc) is 2.53. The van der Waals surface area contributed by atoms with Gasteiger partial charge in [0.15, 0.2) is 0 Å². The molecule has 0 aliphatic heterocycles. The van der Waals surface area contributed by atoms with Crippen LogP contribution in [0.2, 0.25) is 0 Å². The molecule has 1 aliphatic carbocycles. The zero-order chi connectivity index (χ0) is 18.0. The Hall–Kier alpha value is -1.71. The predicted molar refractivity (Wildman–Crippen MR) is 92.5 cm³/mol. The second kappa shape index (κ2) is 7.04. The summed E-state index contributed by atoms with van der Waals surface area (Å²) in [5.41, 5.74) is 5.98. The van der Waals surface area contributed by atoms with E-state index in [0.29, 0.717) is 6.54 Å². The van der Waals surface area contributed by atoms with Crippen LogP contribution < -0.4 is 11.1 Å². The van der Waals surface area contributed by atoms with Crippen LogP contribution in [0.3, 0.4) is 0 Å². The first-order valence-electron chi connectivity index (χ1n) is 7.89. The highest BCUT2D eigenvalue weighted by atomic mass is 32.2. The number of rotatable bonds is 6. The Morgan fingerprint density at radius 2 is 1.92 bits per heavy atom. The summed E-state index contributed by atoms with van der Waals surface area (Å²) >= 11 is 0. The molecule has 9 heteroatoms. The van der Waals surface area contributed by atoms with E-state index in [1.165, 1.54) is 26.2 Å². The average molecular weight is 356 g/mol. The molecule has 3 N–H and O–H groups in total. The third-order valence-electron chi connectivity index (χ3n) is 4.42. The van der Waals surface area contributed by atoms with Gasteiger partial charge in [-0.15, -0.1) is 0 Å². The number of hydrogen-bond donors (Lipinski definition) is 2. The van der Waals surface area contributed by atoms with E-state index in [-0.39, 0.29) is 21.8 Å². The van der Waals surface area contributed by atoms with Gasteiger partial charge in [0.2, 0.25) is 10.0 Å². The number of anilines is 1. The zero-order valence-electron chi connectivity index (χ0n) is 14.0. The highest BCUT2D eigenvalue weighted by molar-refractivity contribution is 7.89. The Bertz CT molecular complexity index is 712. The summed E-state index contributed by atoms with van der Waals surface area (Å²) in [7, 11) is -0.954. The van der Waals surface area contributed by atoms with E-state index in [4.69, 9.17) is 5.73 Å². The summed E-state index contributed by atoms with van der Waals surface area (Å²) in [4.78, 5) is 10.6. The first kappa shape index (κ1) is 18.6. The lowest BCUT2D eigenvalue weighted by atomic mass is 9.82. The van der Waals surface area contributed by atoms with Crippen LogP contribution in [0, 0.1) is 10.1 Å². The molecule has 0 bridgehead atoms. The van der Waals surface area contributed by atoms with Crippen molar-refractivity contribution < 1.29 is 13.3 Å². The number of benzene rings is 1. The van der Waals surface area contributed by atoms with Gasteiger partial charge in [0.25, 0.3) is 5.69 Å². The fourth-order valence-electron chi connectivity index (χ4n) is 2.89. The fourth-order valence-corrected chi connectivity index (χ4v) is 3.81. The van der Waals surface area contributed by atoms with Crippen molar-refractivity contribution in [3.05, 3.63) is 28.3 Å². The number of hydrogen-bond acceptors (Lipinski definition) is 6. The monoisotopic (exact) mass is 356 g/mol. The lowest BCUT2D eigenvalue weighted by molar-refractivity contribution is -0.384. The normalized spacial score (nSPS) is 17.7. The number of sulfonamides is 1. The van der Waals surface area contributed by atoms with Crippen molar-refractivity contribution in [2.45, 2.75) is 42.5 Å². The number of nitro benzene ring substituents is 1. The molecule has 1 fully saturated rings. The van der Waals surface area contributed by atoms with Crippen molar-refractivity contribution in [2.75, 3.05) is 26.0 Å². The van der Waals surface area contributed by atoms with Crippen LogP contribution in [0.25, 0.3) is 0 Å². The van der Waals surface area contributed by atoms with Gasteiger partial charge in [0.05, 0.1) is 9.82 Å². The van der Waals surface area contributed by atoms with E-state index in [9.17, 15) is 18.5 Å². The molecular formula is C15H24N4O4S. The first-order valence-corrected chi connectivity index (χ1v) is 9.33. The zero-order valence-corrected chi connectivity index (χ0v) is 14.8. The van der Waals surface area contributed by atoms with Crippen LogP contribution in [0.1, 0.15) is 32.1 Å². The van der Waals surface area contributed by atoms with E-state index >= 15 is 0 Å². The van der Waals surface area contributed by atoms with Gasteiger partial charge in [-0.25, -0.2) is 12.7 Å². The molecule has 1 aromatic rings. The Balaban J connectivity index is 2.26. The van der Waals surface area contributed by atoms with E-state index in [1.54, 1.807) is 0 Å². The highest BCUT2D eigenvalue weighted by Crippen LogP contribution is 2.31. The van der Waals surface area contributed by atoms with Gasteiger partial charge in [-0.2, -0.15) is 0 Å². The van der Waals surface area contributed by atoms with Crippen LogP contribution in [-0.2, 0) is 10.0 Å². The molecule has 1 aliphatic rings. The van der Waals surface area contributed by atoms with Crippen molar-refractivity contribution in [2.24, 2.45) is 5.73 Å². The maximum atomic E-state index is 12.1. The van der Waals surface area contributed by atoms with Gasteiger partial charge in [-0.3, -0.25) is 10.1 Å². The van der Waals surface area contributed by atoms with Crippen molar-refractivity contribution in [3.63, 3.8) is 0 Å². The van der Waals surface area contributed by atoms with E-state index < -0.39 is 14.9 Å². The van der Waals surface area contributed by atoms with Crippen molar-refractivity contribution in [1.82, 2.24) is 4.31 Å². The maximum absolute atomic E-state index is 12.1. The summed E-state index contributed by atoms with van der Waals surface area (Å²) in [6.07, 6.45) is 5.03. The topological polar surface area (TPSA) is 119 Å². The lowest BCUT2D eigenvalue weighted by Crippen LogP contribution is -2.47. The lowest BCUT2D eigenvalue weighted by Gasteiger charge is -2.33. The number of nitrogens with one attached hydrogen (secondary N) is 1. The molecule has 0 atom stereocenters. The molecule has 2 rings (SSSR count). The quantitative estimate of drug-likeness (QED) is 0.594. The smallest absolute Gasteiger partial charge is 0.293 e. The minimum atomic E-state index is -3.72. The molecule has 8 nitrogen and oxygen atoms in total.